The molecule has 7 nitrogen and oxygen atoms in total. The Morgan fingerprint density at radius 1 is 1.10 bits per heavy atom. The molecule has 1 unspecified atom stereocenters. The highest BCUT2D eigenvalue weighted by molar-refractivity contribution is 8.26. The quantitative estimate of drug-likeness (QED) is 0.444. The highest BCUT2D eigenvalue weighted by Gasteiger charge is 2.48. The summed E-state index contributed by atoms with van der Waals surface area (Å²) in [4.78, 5) is 41.1. The smallest absolute Gasteiger partial charge is 0.266 e. The molecule has 0 bridgehead atoms. The number of benzene rings is 2. The van der Waals surface area contributed by atoms with Crippen LogP contribution >= 0.6 is 24.0 Å². The Kier molecular flexibility index (Phi) is 5.31. The van der Waals surface area contributed by atoms with Gasteiger partial charge >= 0.3 is 0 Å². The van der Waals surface area contributed by atoms with Crippen molar-refractivity contribution in [2.24, 2.45) is 0 Å². The van der Waals surface area contributed by atoms with Gasteiger partial charge in [-0.2, -0.15) is 0 Å². The van der Waals surface area contributed by atoms with Crippen molar-refractivity contribution in [2.75, 3.05) is 12.0 Å². The van der Waals surface area contributed by atoms with Crippen molar-refractivity contribution in [3.8, 4) is 11.5 Å². The number of hydrogen-bond donors (Lipinski definition) is 1. The summed E-state index contributed by atoms with van der Waals surface area (Å²) in [7, 11) is 1.57. The van der Waals surface area contributed by atoms with E-state index < -0.39 is 23.8 Å². The third-order valence-electron chi connectivity index (χ3n) is 4.78. The molecule has 2 saturated heterocycles. The molecule has 30 heavy (non-hydrogen) atoms. The van der Waals surface area contributed by atoms with Crippen molar-refractivity contribution in [1.82, 2.24) is 4.90 Å². The summed E-state index contributed by atoms with van der Waals surface area (Å²) in [5, 5.41) is 9.43. The Hall–Kier alpha value is -3.17. The number of thiocarbonyl (C=S) groups is 1. The van der Waals surface area contributed by atoms with Crippen LogP contribution in [-0.4, -0.2) is 45.2 Å². The number of phenolic OH excluding ortho intramolecular Hbond substituents is 1. The van der Waals surface area contributed by atoms with Gasteiger partial charge in [0.05, 0.1) is 24.1 Å². The summed E-state index contributed by atoms with van der Waals surface area (Å²) in [6.45, 7) is 0. The number of rotatable bonds is 4. The van der Waals surface area contributed by atoms with Gasteiger partial charge < -0.3 is 9.84 Å². The first-order valence-corrected chi connectivity index (χ1v) is 10.2. The van der Waals surface area contributed by atoms with Crippen LogP contribution in [0.2, 0.25) is 0 Å². The lowest BCUT2D eigenvalue weighted by Gasteiger charge is -2.21. The molecule has 4 rings (SSSR count). The number of hydrogen-bond acceptors (Lipinski definition) is 7. The van der Waals surface area contributed by atoms with Crippen LogP contribution in [0.3, 0.4) is 0 Å². The van der Waals surface area contributed by atoms with Crippen molar-refractivity contribution >= 4 is 57.8 Å². The lowest BCUT2D eigenvalue weighted by atomic mass is 10.2. The molecule has 0 aromatic heterocycles. The zero-order chi connectivity index (χ0) is 21.4. The van der Waals surface area contributed by atoms with Gasteiger partial charge in [0.15, 0.2) is 0 Å². The number of ether oxygens (including phenoxy) is 1. The molecule has 2 aromatic carbocycles. The average Bonchev–Trinajstić information content (AvgIpc) is 3.17. The Morgan fingerprint density at radius 3 is 2.40 bits per heavy atom. The molecule has 2 heterocycles. The SMILES string of the molecule is COc1ccc(/C=C2\SC(=S)N(C3CC(=O)N(c4ccc(O)cc4)C3=O)C2=O)cc1. The van der Waals surface area contributed by atoms with Gasteiger partial charge in [0, 0.05) is 0 Å². The standard InChI is InChI=1S/C21H16N2O5S2/c1-28-15-8-2-12(3-9-15)10-17-20(27)23(21(29)30-17)16-11-18(25)22(19(16)26)13-4-6-14(24)7-5-13/h2-10,16,24H,11H2,1H3/b17-10-. The van der Waals surface area contributed by atoms with E-state index in [1.807, 2.05) is 12.1 Å². The molecule has 2 aliphatic heterocycles. The third-order valence-corrected chi connectivity index (χ3v) is 6.11. The number of carbonyl (C=O) groups excluding carboxylic acids is 3. The number of amides is 3. The zero-order valence-electron chi connectivity index (χ0n) is 15.8. The number of imide groups is 1. The monoisotopic (exact) mass is 440 g/mol. The fourth-order valence-electron chi connectivity index (χ4n) is 3.29. The second kappa shape index (κ2) is 7.92. The highest BCUT2D eigenvalue weighted by Crippen LogP contribution is 2.37. The Morgan fingerprint density at radius 2 is 1.77 bits per heavy atom. The Labute approximate surface area is 181 Å². The van der Waals surface area contributed by atoms with E-state index in [0.29, 0.717) is 16.3 Å². The fourth-order valence-corrected chi connectivity index (χ4v) is 4.65. The number of phenols is 1. The number of methoxy groups -OCH3 is 1. The molecular weight excluding hydrogens is 424 g/mol. The van der Waals surface area contributed by atoms with Gasteiger partial charge in [-0.15, -0.1) is 0 Å². The van der Waals surface area contributed by atoms with Crippen LogP contribution in [0.1, 0.15) is 12.0 Å². The molecule has 1 atom stereocenters. The molecule has 1 N–H and O–H groups in total. The number of anilines is 1. The summed E-state index contributed by atoms with van der Waals surface area (Å²) < 4.78 is 5.36. The van der Waals surface area contributed by atoms with Gasteiger partial charge in [-0.05, 0) is 48.0 Å². The van der Waals surface area contributed by atoms with E-state index in [1.54, 1.807) is 25.3 Å². The van der Waals surface area contributed by atoms with Crippen LogP contribution in [0.15, 0.2) is 53.4 Å². The zero-order valence-corrected chi connectivity index (χ0v) is 17.4. The first-order chi connectivity index (χ1) is 14.4. The lowest BCUT2D eigenvalue weighted by Crippen LogP contribution is -2.44. The molecule has 0 spiro atoms. The van der Waals surface area contributed by atoms with E-state index in [2.05, 4.69) is 0 Å². The Balaban J connectivity index is 1.58. The second-order valence-corrected chi connectivity index (χ2v) is 8.30. The highest BCUT2D eigenvalue weighted by atomic mass is 32.2. The van der Waals surface area contributed by atoms with Gasteiger partial charge in [0.25, 0.3) is 11.8 Å². The molecule has 2 aliphatic rings. The van der Waals surface area contributed by atoms with E-state index in [4.69, 9.17) is 17.0 Å². The van der Waals surface area contributed by atoms with Crippen LogP contribution in [0.5, 0.6) is 11.5 Å². The van der Waals surface area contributed by atoms with Crippen LogP contribution in [-0.2, 0) is 14.4 Å². The van der Waals surface area contributed by atoms with Gasteiger partial charge in [0.1, 0.15) is 21.9 Å². The third kappa shape index (κ3) is 3.57. The summed E-state index contributed by atoms with van der Waals surface area (Å²) in [6, 6.07) is 11.9. The first kappa shape index (κ1) is 20.1. The maximum atomic E-state index is 13.0. The molecule has 0 radical (unpaired) electrons. The largest absolute Gasteiger partial charge is 0.508 e. The lowest BCUT2D eigenvalue weighted by molar-refractivity contribution is -0.129. The minimum atomic E-state index is -0.986. The van der Waals surface area contributed by atoms with Crippen molar-refractivity contribution in [2.45, 2.75) is 12.5 Å². The van der Waals surface area contributed by atoms with E-state index in [1.165, 1.54) is 29.2 Å². The topological polar surface area (TPSA) is 87.2 Å². The predicted octanol–water partition coefficient (Wildman–Crippen LogP) is 2.93. The van der Waals surface area contributed by atoms with Crippen molar-refractivity contribution in [3.63, 3.8) is 0 Å². The van der Waals surface area contributed by atoms with Crippen LogP contribution in [0.4, 0.5) is 5.69 Å². The fraction of sp³-hybridized carbons (Fsp3) is 0.143. The Bertz CT molecular complexity index is 1080. The maximum Gasteiger partial charge on any atom is 0.266 e. The molecule has 0 aliphatic carbocycles. The van der Waals surface area contributed by atoms with E-state index in [9.17, 15) is 19.5 Å². The van der Waals surface area contributed by atoms with Crippen LogP contribution in [0, 0.1) is 0 Å². The number of aromatic hydroxyl groups is 1. The maximum absolute atomic E-state index is 13.0. The van der Waals surface area contributed by atoms with Gasteiger partial charge in [-0.3, -0.25) is 19.3 Å². The second-order valence-electron chi connectivity index (χ2n) is 6.63. The minimum absolute atomic E-state index is 0.0232. The first-order valence-electron chi connectivity index (χ1n) is 8.96. The molecule has 0 saturated carbocycles. The van der Waals surface area contributed by atoms with Crippen molar-refractivity contribution in [3.05, 3.63) is 59.0 Å². The number of carbonyl (C=O) groups is 3. The molecular formula is C21H16N2O5S2. The van der Waals surface area contributed by atoms with E-state index >= 15 is 0 Å². The predicted molar refractivity (Wildman–Crippen MR) is 117 cm³/mol. The number of thioether (sulfide) groups is 1. The van der Waals surface area contributed by atoms with Gasteiger partial charge in [-0.1, -0.05) is 36.1 Å². The molecule has 2 aromatic rings. The average molecular weight is 441 g/mol. The van der Waals surface area contributed by atoms with Crippen LogP contribution in [0.25, 0.3) is 6.08 Å². The molecule has 3 amide bonds. The van der Waals surface area contributed by atoms with E-state index in [-0.39, 0.29) is 16.5 Å². The minimum Gasteiger partial charge on any atom is -0.508 e. The van der Waals surface area contributed by atoms with E-state index in [0.717, 1.165) is 22.2 Å². The summed E-state index contributed by atoms with van der Waals surface area (Å²) in [5.41, 5.74) is 1.13. The summed E-state index contributed by atoms with van der Waals surface area (Å²) in [5.74, 6) is -0.629. The molecule has 9 heteroatoms. The van der Waals surface area contributed by atoms with Gasteiger partial charge in [0.2, 0.25) is 5.91 Å². The van der Waals surface area contributed by atoms with Crippen LogP contribution < -0.4 is 9.64 Å². The van der Waals surface area contributed by atoms with Crippen molar-refractivity contribution in [1.29, 1.82) is 0 Å². The van der Waals surface area contributed by atoms with Crippen molar-refractivity contribution < 1.29 is 24.2 Å². The normalized spacial score (nSPS) is 20.6. The molecule has 152 valence electrons. The van der Waals surface area contributed by atoms with Gasteiger partial charge in [-0.25, -0.2) is 4.90 Å². The number of nitrogens with zero attached hydrogens (tertiary/aromatic N) is 2. The summed E-state index contributed by atoms with van der Waals surface area (Å²) >= 11 is 6.44. The summed E-state index contributed by atoms with van der Waals surface area (Å²) in [6.07, 6.45) is 1.54. The molecule has 2 fully saturated rings.